The highest BCUT2D eigenvalue weighted by Crippen LogP contribution is 2.41. The summed E-state index contributed by atoms with van der Waals surface area (Å²) >= 11 is 0. The van der Waals surface area contributed by atoms with Crippen LogP contribution in [0, 0.1) is 0 Å². The van der Waals surface area contributed by atoms with E-state index in [1.165, 1.54) is 65.3 Å². The molecule has 0 spiro atoms. The van der Waals surface area contributed by atoms with Gasteiger partial charge in [0.15, 0.2) is 0 Å². The van der Waals surface area contributed by atoms with Gasteiger partial charge in [0, 0.05) is 16.8 Å². The summed E-state index contributed by atoms with van der Waals surface area (Å²) in [5.41, 5.74) is 8.28. The maximum atomic E-state index is 2.38. The number of hydrogen-bond donors (Lipinski definition) is 0. The zero-order valence-corrected chi connectivity index (χ0v) is 25.8. The van der Waals surface area contributed by atoms with Crippen molar-refractivity contribution >= 4 is 60.2 Å². The smallest absolute Gasteiger partial charge is 0.0540 e. The lowest BCUT2D eigenvalue weighted by molar-refractivity contribution is 1.30. The topological polar surface area (TPSA) is 3.24 Å². The van der Waals surface area contributed by atoms with Crippen LogP contribution in [0.2, 0.25) is 0 Å². The predicted molar refractivity (Wildman–Crippen MR) is 202 cm³/mol. The lowest BCUT2D eigenvalue weighted by Crippen LogP contribution is -2.10. The SMILES string of the molecule is c1ccc2cc(-c3ccc(N(c4ccc(-c5cc6ccccc6c6ccccc56)cc4)c4cccc5ccccc45)cc3)ccc2c1. The van der Waals surface area contributed by atoms with Crippen LogP contribution in [0.3, 0.4) is 0 Å². The van der Waals surface area contributed by atoms with Crippen molar-refractivity contribution in [2.24, 2.45) is 0 Å². The van der Waals surface area contributed by atoms with Gasteiger partial charge >= 0.3 is 0 Å². The summed E-state index contributed by atoms with van der Waals surface area (Å²) in [4.78, 5) is 2.38. The van der Waals surface area contributed by atoms with Crippen LogP contribution >= 0.6 is 0 Å². The normalized spacial score (nSPS) is 11.4. The second-order valence-electron chi connectivity index (χ2n) is 12.2. The van der Waals surface area contributed by atoms with Gasteiger partial charge < -0.3 is 4.90 Å². The van der Waals surface area contributed by atoms with Crippen molar-refractivity contribution in [3.8, 4) is 22.3 Å². The first-order valence-corrected chi connectivity index (χ1v) is 16.2. The number of fused-ring (bicyclic) bond motifs is 5. The fraction of sp³-hybridized carbons (Fsp3) is 0. The summed E-state index contributed by atoms with van der Waals surface area (Å²) in [6.07, 6.45) is 0. The van der Waals surface area contributed by atoms with Crippen molar-refractivity contribution in [3.63, 3.8) is 0 Å². The van der Waals surface area contributed by atoms with Gasteiger partial charge in [0.2, 0.25) is 0 Å². The zero-order chi connectivity index (χ0) is 31.2. The van der Waals surface area contributed by atoms with Crippen LogP contribution in [0.4, 0.5) is 17.1 Å². The maximum absolute atomic E-state index is 2.38. The Bertz CT molecular complexity index is 2560. The van der Waals surface area contributed by atoms with Gasteiger partial charge in [0.05, 0.1) is 5.69 Å². The molecule has 0 N–H and O–H groups in total. The number of nitrogens with zero attached hydrogens (tertiary/aromatic N) is 1. The molecule has 220 valence electrons. The third-order valence-electron chi connectivity index (χ3n) is 9.42. The van der Waals surface area contributed by atoms with Gasteiger partial charge in [-0.25, -0.2) is 0 Å². The van der Waals surface area contributed by atoms with Crippen molar-refractivity contribution in [1.29, 1.82) is 0 Å². The molecular weight excluding hydrogens is 567 g/mol. The van der Waals surface area contributed by atoms with Gasteiger partial charge in [-0.2, -0.15) is 0 Å². The van der Waals surface area contributed by atoms with E-state index in [1.807, 2.05) is 0 Å². The first kappa shape index (κ1) is 27.2. The molecule has 0 aliphatic carbocycles. The summed E-state index contributed by atoms with van der Waals surface area (Å²) in [6.45, 7) is 0. The number of benzene rings is 9. The molecule has 1 heteroatoms. The fourth-order valence-corrected chi connectivity index (χ4v) is 7.09. The van der Waals surface area contributed by atoms with E-state index < -0.39 is 0 Å². The molecule has 0 radical (unpaired) electrons. The lowest BCUT2D eigenvalue weighted by atomic mass is 9.93. The molecule has 9 rings (SSSR count). The summed E-state index contributed by atoms with van der Waals surface area (Å²) in [5, 5.41) is 10.1. The molecule has 0 heterocycles. The number of anilines is 3. The molecule has 0 aliphatic rings. The Labute approximate surface area is 274 Å². The Morgan fingerprint density at radius 1 is 0.277 bits per heavy atom. The summed E-state index contributed by atoms with van der Waals surface area (Å²) < 4.78 is 0. The van der Waals surface area contributed by atoms with Crippen molar-refractivity contribution in [2.75, 3.05) is 4.90 Å². The van der Waals surface area contributed by atoms with Gasteiger partial charge in [-0.1, -0.05) is 146 Å². The standard InChI is InChI=1S/C46H31N/c1-2-12-36-30-37(21-20-32(36)10-1)33-22-26-39(27-23-33)47(46-19-9-14-34-11-3-6-16-42(34)46)40-28-24-35(25-29-40)45-31-38-13-4-5-15-41(38)43-17-7-8-18-44(43)45/h1-31H. The Hall–Kier alpha value is -6.18. The van der Waals surface area contributed by atoms with E-state index in [-0.39, 0.29) is 0 Å². The lowest BCUT2D eigenvalue weighted by Gasteiger charge is -2.27. The molecule has 1 nitrogen and oxygen atoms in total. The Kier molecular flexibility index (Phi) is 6.54. The minimum absolute atomic E-state index is 1.12. The predicted octanol–water partition coefficient (Wildman–Crippen LogP) is 13.1. The molecule has 0 bridgehead atoms. The van der Waals surface area contributed by atoms with Crippen LogP contribution in [-0.2, 0) is 0 Å². The second kappa shape index (κ2) is 11.3. The molecule has 0 atom stereocenters. The Morgan fingerprint density at radius 3 is 1.55 bits per heavy atom. The van der Waals surface area contributed by atoms with Gasteiger partial charge in [-0.15, -0.1) is 0 Å². The highest BCUT2D eigenvalue weighted by molar-refractivity contribution is 6.13. The third-order valence-corrected chi connectivity index (χ3v) is 9.42. The van der Waals surface area contributed by atoms with Crippen molar-refractivity contribution in [1.82, 2.24) is 0 Å². The van der Waals surface area contributed by atoms with Gasteiger partial charge in [-0.05, 0) is 102 Å². The molecule has 0 saturated heterocycles. The average Bonchev–Trinajstić information content (AvgIpc) is 3.15. The number of rotatable bonds is 5. The van der Waals surface area contributed by atoms with E-state index in [4.69, 9.17) is 0 Å². The van der Waals surface area contributed by atoms with Crippen LogP contribution in [0.5, 0.6) is 0 Å². The molecule has 47 heavy (non-hydrogen) atoms. The number of hydrogen-bond acceptors (Lipinski definition) is 1. The summed E-state index contributed by atoms with van der Waals surface area (Å²) in [6, 6.07) is 68.3. The van der Waals surface area contributed by atoms with E-state index >= 15 is 0 Å². The van der Waals surface area contributed by atoms with Gasteiger partial charge in [0.1, 0.15) is 0 Å². The average molecular weight is 598 g/mol. The Balaban J connectivity index is 1.16. The van der Waals surface area contributed by atoms with E-state index in [9.17, 15) is 0 Å². The van der Waals surface area contributed by atoms with E-state index in [0.717, 1.165) is 17.1 Å². The highest BCUT2D eigenvalue weighted by Gasteiger charge is 2.16. The minimum atomic E-state index is 1.12. The molecule has 0 aromatic heterocycles. The first-order chi connectivity index (χ1) is 23.3. The van der Waals surface area contributed by atoms with Crippen LogP contribution < -0.4 is 4.90 Å². The maximum Gasteiger partial charge on any atom is 0.0540 e. The van der Waals surface area contributed by atoms with Crippen molar-refractivity contribution in [2.45, 2.75) is 0 Å². The van der Waals surface area contributed by atoms with Crippen LogP contribution in [0.1, 0.15) is 0 Å². The monoisotopic (exact) mass is 597 g/mol. The minimum Gasteiger partial charge on any atom is -0.310 e. The molecule has 0 aliphatic heterocycles. The van der Waals surface area contributed by atoms with Crippen LogP contribution in [0.15, 0.2) is 188 Å². The fourth-order valence-electron chi connectivity index (χ4n) is 7.09. The molecule has 0 unspecified atom stereocenters. The quantitative estimate of drug-likeness (QED) is 0.178. The molecule has 9 aromatic rings. The zero-order valence-electron chi connectivity index (χ0n) is 25.8. The van der Waals surface area contributed by atoms with Crippen molar-refractivity contribution in [3.05, 3.63) is 188 Å². The van der Waals surface area contributed by atoms with Crippen LogP contribution in [0.25, 0.3) is 65.3 Å². The van der Waals surface area contributed by atoms with Crippen molar-refractivity contribution < 1.29 is 0 Å². The van der Waals surface area contributed by atoms with E-state index in [0.29, 0.717) is 0 Å². The largest absolute Gasteiger partial charge is 0.310 e. The highest BCUT2D eigenvalue weighted by atomic mass is 15.1. The second-order valence-corrected chi connectivity index (χ2v) is 12.2. The molecule has 0 amide bonds. The third kappa shape index (κ3) is 4.81. The first-order valence-electron chi connectivity index (χ1n) is 16.2. The molecule has 9 aromatic carbocycles. The summed E-state index contributed by atoms with van der Waals surface area (Å²) in [7, 11) is 0. The molecule has 0 fully saturated rings. The Morgan fingerprint density at radius 2 is 0.809 bits per heavy atom. The van der Waals surface area contributed by atoms with Crippen LogP contribution in [-0.4, -0.2) is 0 Å². The van der Waals surface area contributed by atoms with Gasteiger partial charge in [-0.3, -0.25) is 0 Å². The summed E-state index contributed by atoms with van der Waals surface area (Å²) in [5.74, 6) is 0. The van der Waals surface area contributed by atoms with E-state index in [1.54, 1.807) is 0 Å². The molecule has 0 saturated carbocycles. The van der Waals surface area contributed by atoms with E-state index in [2.05, 4.69) is 193 Å². The molecular formula is C46H31N. The van der Waals surface area contributed by atoms with Gasteiger partial charge in [0.25, 0.3) is 0 Å².